The summed E-state index contributed by atoms with van der Waals surface area (Å²) in [4.78, 5) is 8.11. The van der Waals surface area contributed by atoms with Crippen molar-refractivity contribution in [1.82, 2.24) is 9.97 Å². The molecule has 22 heavy (non-hydrogen) atoms. The molecule has 0 radical (unpaired) electrons. The van der Waals surface area contributed by atoms with Crippen LogP contribution in [0, 0.1) is 0 Å². The Morgan fingerprint density at radius 3 is 1.32 bits per heavy atom. The van der Waals surface area contributed by atoms with Gasteiger partial charge >= 0.3 is 0 Å². The molecule has 3 aromatic rings. The molecule has 2 heterocycles. The second kappa shape index (κ2) is 6.26. The Morgan fingerprint density at radius 2 is 1.00 bits per heavy atom. The summed E-state index contributed by atoms with van der Waals surface area (Å²) in [6.45, 7) is 0. The Morgan fingerprint density at radius 1 is 0.636 bits per heavy atom. The second-order valence-electron chi connectivity index (χ2n) is 4.72. The van der Waals surface area contributed by atoms with E-state index in [1.54, 1.807) is 39.0 Å². The largest absolute Gasteiger partial charge is 0.496 e. The zero-order valence-electron chi connectivity index (χ0n) is 12.5. The molecular weight excluding hydrogens is 276 g/mol. The first-order chi connectivity index (χ1) is 10.8. The molecule has 4 nitrogen and oxygen atoms in total. The fourth-order valence-electron chi connectivity index (χ4n) is 2.41. The first-order valence-electron chi connectivity index (χ1n) is 6.90. The van der Waals surface area contributed by atoms with Gasteiger partial charge in [-0.2, -0.15) is 0 Å². The van der Waals surface area contributed by atoms with E-state index < -0.39 is 0 Å². The van der Waals surface area contributed by atoms with Crippen LogP contribution in [0.4, 0.5) is 0 Å². The van der Waals surface area contributed by atoms with Gasteiger partial charge in [-0.1, -0.05) is 0 Å². The summed E-state index contributed by atoms with van der Waals surface area (Å²) in [5.41, 5.74) is 4.01. The normalized spacial score (nSPS) is 10.3. The molecule has 1 aromatic carbocycles. The van der Waals surface area contributed by atoms with E-state index in [4.69, 9.17) is 9.47 Å². The number of pyridine rings is 2. The molecule has 0 N–H and O–H groups in total. The van der Waals surface area contributed by atoms with Gasteiger partial charge in [-0.15, -0.1) is 0 Å². The molecule has 0 spiro atoms. The number of nitrogens with zero attached hydrogens (tertiary/aromatic N) is 2. The Kier molecular flexibility index (Phi) is 4.01. The highest BCUT2D eigenvalue weighted by Gasteiger charge is 2.14. The van der Waals surface area contributed by atoms with E-state index in [2.05, 4.69) is 9.97 Å². The number of rotatable bonds is 4. The number of hydrogen-bond donors (Lipinski definition) is 0. The van der Waals surface area contributed by atoms with E-state index in [1.165, 1.54) is 0 Å². The minimum atomic E-state index is 0.791. The molecule has 3 rings (SSSR count). The van der Waals surface area contributed by atoms with Crippen LogP contribution in [0.15, 0.2) is 61.2 Å². The zero-order chi connectivity index (χ0) is 15.4. The van der Waals surface area contributed by atoms with Crippen LogP contribution in [0.1, 0.15) is 0 Å². The standard InChI is InChI=1S/C18H16N2O2/c1-21-17-11-16(14-5-9-20-10-6-14)18(22-2)12-15(17)13-3-7-19-8-4-13/h3-12H,1-2H3. The van der Waals surface area contributed by atoms with E-state index in [0.29, 0.717) is 0 Å². The van der Waals surface area contributed by atoms with Gasteiger partial charge in [-0.25, -0.2) is 0 Å². The summed E-state index contributed by atoms with van der Waals surface area (Å²) >= 11 is 0. The fraction of sp³-hybridized carbons (Fsp3) is 0.111. The van der Waals surface area contributed by atoms with Crippen molar-refractivity contribution in [3.05, 3.63) is 61.2 Å². The minimum absolute atomic E-state index is 0.791. The van der Waals surface area contributed by atoms with E-state index >= 15 is 0 Å². The van der Waals surface area contributed by atoms with Crippen LogP contribution in [0.25, 0.3) is 22.3 Å². The predicted molar refractivity (Wildman–Crippen MR) is 86.0 cm³/mol. The fourth-order valence-corrected chi connectivity index (χ4v) is 2.41. The van der Waals surface area contributed by atoms with Crippen molar-refractivity contribution in [2.75, 3.05) is 14.2 Å². The van der Waals surface area contributed by atoms with Gasteiger partial charge < -0.3 is 9.47 Å². The lowest BCUT2D eigenvalue weighted by Crippen LogP contribution is -1.94. The van der Waals surface area contributed by atoms with E-state index in [9.17, 15) is 0 Å². The van der Waals surface area contributed by atoms with Gasteiger partial charge in [0.1, 0.15) is 11.5 Å². The maximum Gasteiger partial charge on any atom is 0.127 e. The molecule has 0 aliphatic heterocycles. The Labute approximate surface area is 129 Å². The predicted octanol–water partition coefficient (Wildman–Crippen LogP) is 3.83. The van der Waals surface area contributed by atoms with Crippen LogP contribution >= 0.6 is 0 Å². The Hall–Kier alpha value is -2.88. The SMILES string of the molecule is COc1cc(-c2ccncc2)c(OC)cc1-c1ccncc1. The number of benzene rings is 1. The maximum atomic E-state index is 5.57. The molecule has 0 saturated carbocycles. The molecule has 0 saturated heterocycles. The van der Waals surface area contributed by atoms with Crippen LogP contribution in [0.2, 0.25) is 0 Å². The van der Waals surface area contributed by atoms with Crippen molar-refractivity contribution in [2.45, 2.75) is 0 Å². The quantitative estimate of drug-likeness (QED) is 0.733. The third-order valence-corrected chi connectivity index (χ3v) is 3.50. The lowest BCUT2D eigenvalue weighted by molar-refractivity contribution is 0.406. The number of methoxy groups -OCH3 is 2. The monoisotopic (exact) mass is 292 g/mol. The molecule has 0 aliphatic rings. The first-order valence-corrected chi connectivity index (χ1v) is 6.90. The zero-order valence-corrected chi connectivity index (χ0v) is 12.5. The van der Waals surface area contributed by atoms with Crippen molar-refractivity contribution >= 4 is 0 Å². The molecule has 2 aromatic heterocycles. The summed E-state index contributed by atoms with van der Waals surface area (Å²) < 4.78 is 11.1. The molecule has 0 aliphatic carbocycles. The van der Waals surface area contributed by atoms with Gasteiger partial charge in [0.15, 0.2) is 0 Å². The maximum absolute atomic E-state index is 5.57. The van der Waals surface area contributed by atoms with Crippen LogP contribution in [-0.2, 0) is 0 Å². The average Bonchev–Trinajstić information content (AvgIpc) is 2.62. The second-order valence-corrected chi connectivity index (χ2v) is 4.72. The third kappa shape index (κ3) is 2.63. The molecule has 0 fully saturated rings. The van der Waals surface area contributed by atoms with Gasteiger partial charge in [-0.05, 0) is 47.5 Å². The highest BCUT2D eigenvalue weighted by molar-refractivity contribution is 5.80. The van der Waals surface area contributed by atoms with E-state index in [0.717, 1.165) is 33.8 Å². The molecule has 0 unspecified atom stereocenters. The van der Waals surface area contributed by atoms with Crippen LogP contribution in [0.5, 0.6) is 11.5 Å². The van der Waals surface area contributed by atoms with Gasteiger partial charge in [-0.3, -0.25) is 9.97 Å². The number of ether oxygens (including phenoxy) is 2. The molecule has 0 bridgehead atoms. The summed E-state index contributed by atoms with van der Waals surface area (Å²) in [6.07, 6.45) is 7.05. The van der Waals surface area contributed by atoms with Crippen molar-refractivity contribution in [1.29, 1.82) is 0 Å². The summed E-state index contributed by atoms with van der Waals surface area (Å²) in [6, 6.07) is 11.8. The highest BCUT2D eigenvalue weighted by Crippen LogP contribution is 2.40. The first kappa shape index (κ1) is 14.1. The summed E-state index contributed by atoms with van der Waals surface area (Å²) in [7, 11) is 3.34. The Bertz CT molecular complexity index is 692. The van der Waals surface area contributed by atoms with Gasteiger partial charge in [0.05, 0.1) is 14.2 Å². The highest BCUT2D eigenvalue weighted by atomic mass is 16.5. The molecule has 110 valence electrons. The number of hydrogen-bond acceptors (Lipinski definition) is 4. The van der Waals surface area contributed by atoms with Crippen LogP contribution in [-0.4, -0.2) is 24.2 Å². The van der Waals surface area contributed by atoms with E-state index in [-0.39, 0.29) is 0 Å². The minimum Gasteiger partial charge on any atom is -0.496 e. The topological polar surface area (TPSA) is 44.2 Å². The summed E-state index contributed by atoms with van der Waals surface area (Å²) in [5.74, 6) is 1.58. The van der Waals surface area contributed by atoms with Crippen molar-refractivity contribution in [2.24, 2.45) is 0 Å². The molecular formula is C18H16N2O2. The van der Waals surface area contributed by atoms with Gasteiger partial charge in [0.25, 0.3) is 0 Å². The Balaban J connectivity index is 2.19. The smallest absolute Gasteiger partial charge is 0.127 e. The average molecular weight is 292 g/mol. The lowest BCUT2D eigenvalue weighted by atomic mass is 9.99. The van der Waals surface area contributed by atoms with Crippen LogP contribution < -0.4 is 9.47 Å². The third-order valence-electron chi connectivity index (χ3n) is 3.50. The molecule has 0 amide bonds. The number of aromatic nitrogens is 2. The lowest BCUT2D eigenvalue weighted by Gasteiger charge is -2.15. The summed E-state index contributed by atoms with van der Waals surface area (Å²) in [5, 5.41) is 0. The van der Waals surface area contributed by atoms with Crippen molar-refractivity contribution < 1.29 is 9.47 Å². The van der Waals surface area contributed by atoms with Gasteiger partial charge in [0.2, 0.25) is 0 Å². The van der Waals surface area contributed by atoms with Crippen molar-refractivity contribution in [3.8, 4) is 33.8 Å². The van der Waals surface area contributed by atoms with E-state index in [1.807, 2.05) is 36.4 Å². The molecule has 4 heteroatoms. The van der Waals surface area contributed by atoms with Crippen LogP contribution in [0.3, 0.4) is 0 Å². The van der Waals surface area contributed by atoms with Crippen molar-refractivity contribution in [3.63, 3.8) is 0 Å². The molecule has 0 atom stereocenters. The van der Waals surface area contributed by atoms with Gasteiger partial charge in [0, 0.05) is 35.9 Å².